The van der Waals surface area contributed by atoms with Crippen LogP contribution < -0.4 is 5.73 Å². The van der Waals surface area contributed by atoms with Crippen molar-refractivity contribution >= 4 is 5.82 Å². The lowest BCUT2D eigenvalue weighted by atomic mass is 10.5. The minimum atomic E-state index is 0.729. The van der Waals surface area contributed by atoms with Gasteiger partial charge in [0.25, 0.3) is 0 Å². The molecule has 4 nitrogen and oxygen atoms in total. The Labute approximate surface area is 66.6 Å². The molecule has 11 heavy (non-hydrogen) atoms. The van der Waals surface area contributed by atoms with Crippen LogP contribution in [0.4, 0.5) is 5.82 Å². The van der Waals surface area contributed by atoms with Crippen LogP contribution in [0.3, 0.4) is 0 Å². The molecule has 1 aromatic heterocycles. The molecule has 0 aliphatic rings. The number of aromatic nitrogens is 2. The normalized spacial score (nSPS) is 10.8. The second-order valence-corrected chi connectivity index (χ2v) is 2.82. The second kappa shape index (κ2) is 3.39. The van der Waals surface area contributed by atoms with Gasteiger partial charge in [-0.1, -0.05) is 0 Å². The number of likely N-dealkylation sites (N-methyl/N-ethyl adjacent to an activating group) is 1. The van der Waals surface area contributed by atoms with E-state index in [0.717, 1.165) is 18.9 Å². The largest absolute Gasteiger partial charge is 0.384 e. The fraction of sp³-hybridized carbons (Fsp3) is 0.571. The van der Waals surface area contributed by atoms with Gasteiger partial charge in [-0.25, -0.2) is 4.98 Å². The van der Waals surface area contributed by atoms with Crippen LogP contribution in [0.1, 0.15) is 0 Å². The lowest BCUT2D eigenvalue weighted by Crippen LogP contribution is -2.18. The molecule has 62 valence electrons. The minimum Gasteiger partial charge on any atom is -0.384 e. The maximum atomic E-state index is 5.61. The maximum Gasteiger partial charge on any atom is 0.123 e. The molecular formula is C7H14N4. The summed E-state index contributed by atoms with van der Waals surface area (Å²) in [6.45, 7) is 1.89. The molecule has 0 aliphatic heterocycles. The number of hydrogen-bond acceptors (Lipinski definition) is 3. The number of nitrogen functional groups attached to an aromatic ring is 1. The molecule has 0 atom stereocenters. The quantitative estimate of drug-likeness (QED) is 0.668. The third kappa shape index (κ3) is 2.23. The van der Waals surface area contributed by atoms with Crippen LogP contribution in [-0.2, 0) is 6.54 Å². The van der Waals surface area contributed by atoms with Gasteiger partial charge in [0.1, 0.15) is 5.82 Å². The highest BCUT2D eigenvalue weighted by molar-refractivity contribution is 5.24. The topological polar surface area (TPSA) is 47.1 Å². The van der Waals surface area contributed by atoms with E-state index in [0.29, 0.717) is 0 Å². The molecule has 0 saturated heterocycles. The average molecular weight is 154 g/mol. The zero-order chi connectivity index (χ0) is 8.27. The van der Waals surface area contributed by atoms with Crippen molar-refractivity contribution in [1.29, 1.82) is 0 Å². The highest BCUT2D eigenvalue weighted by atomic mass is 15.1. The first-order chi connectivity index (χ1) is 5.20. The highest BCUT2D eigenvalue weighted by Crippen LogP contribution is 1.98. The Kier molecular flexibility index (Phi) is 2.48. The van der Waals surface area contributed by atoms with Crippen LogP contribution in [-0.4, -0.2) is 35.1 Å². The molecule has 0 unspecified atom stereocenters. The van der Waals surface area contributed by atoms with Crippen LogP contribution in [0.15, 0.2) is 12.5 Å². The summed E-state index contributed by atoms with van der Waals surface area (Å²) >= 11 is 0. The summed E-state index contributed by atoms with van der Waals surface area (Å²) in [7, 11) is 4.07. The van der Waals surface area contributed by atoms with E-state index >= 15 is 0 Å². The van der Waals surface area contributed by atoms with Crippen molar-refractivity contribution in [3.8, 4) is 0 Å². The van der Waals surface area contributed by atoms with Crippen LogP contribution in [0.2, 0.25) is 0 Å². The number of nitrogens with two attached hydrogens (primary N) is 1. The smallest absolute Gasteiger partial charge is 0.123 e. The Morgan fingerprint density at radius 2 is 2.36 bits per heavy atom. The number of nitrogens with zero attached hydrogens (tertiary/aromatic N) is 3. The summed E-state index contributed by atoms with van der Waals surface area (Å²) in [5.74, 6) is 0.729. The highest BCUT2D eigenvalue weighted by Gasteiger charge is 1.96. The zero-order valence-corrected chi connectivity index (χ0v) is 6.99. The van der Waals surface area contributed by atoms with E-state index in [2.05, 4.69) is 9.88 Å². The molecule has 1 rings (SSSR count). The van der Waals surface area contributed by atoms with Crippen molar-refractivity contribution in [2.75, 3.05) is 26.4 Å². The number of rotatable bonds is 3. The summed E-state index contributed by atoms with van der Waals surface area (Å²) in [6.07, 6.45) is 3.41. The van der Waals surface area contributed by atoms with Crippen molar-refractivity contribution in [3.63, 3.8) is 0 Å². The fourth-order valence-electron chi connectivity index (χ4n) is 0.826. The Morgan fingerprint density at radius 3 is 2.82 bits per heavy atom. The van der Waals surface area contributed by atoms with Crippen molar-refractivity contribution in [3.05, 3.63) is 12.5 Å². The van der Waals surface area contributed by atoms with Gasteiger partial charge in [0.15, 0.2) is 0 Å². The Bertz CT molecular complexity index is 216. The number of anilines is 1. The summed E-state index contributed by atoms with van der Waals surface area (Å²) in [5, 5.41) is 0. The van der Waals surface area contributed by atoms with Crippen LogP contribution in [0.5, 0.6) is 0 Å². The third-order valence-corrected chi connectivity index (χ3v) is 1.53. The monoisotopic (exact) mass is 154 g/mol. The molecule has 4 heteroatoms. The van der Waals surface area contributed by atoms with E-state index in [4.69, 9.17) is 5.73 Å². The van der Waals surface area contributed by atoms with E-state index in [1.54, 1.807) is 12.5 Å². The van der Waals surface area contributed by atoms with E-state index in [9.17, 15) is 0 Å². The predicted octanol–water partition coefficient (Wildman–Crippen LogP) is 0.0269. The first-order valence-electron chi connectivity index (χ1n) is 3.60. The van der Waals surface area contributed by atoms with Crippen LogP contribution in [0.25, 0.3) is 0 Å². The molecule has 1 heterocycles. The second-order valence-electron chi connectivity index (χ2n) is 2.82. The zero-order valence-electron chi connectivity index (χ0n) is 6.99. The van der Waals surface area contributed by atoms with Crippen molar-refractivity contribution in [2.45, 2.75) is 6.54 Å². The van der Waals surface area contributed by atoms with Gasteiger partial charge in [0.05, 0.1) is 12.5 Å². The predicted molar refractivity (Wildman–Crippen MR) is 45.2 cm³/mol. The van der Waals surface area contributed by atoms with Gasteiger partial charge in [0.2, 0.25) is 0 Å². The molecule has 0 fully saturated rings. The Morgan fingerprint density at radius 1 is 1.64 bits per heavy atom. The number of imidazole rings is 1. The maximum absolute atomic E-state index is 5.61. The third-order valence-electron chi connectivity index (χ3n) is 1.53. The van der Waals surface area contributed by atoms with Crippen molar-refractivity contribution in [2.24, 2.45) is 0 Å². The van der Waals surface area contributed by atoms with E-state index < -0.39 is 0 Å². The Balaban J connectivity index is 2.44. The minimum absolute atomic E-state index is 0.729. The first kappa shape index (κ1) is 8.07. The van der Waals surface area contributed by atoms with Crippen LogP contribution >= 0.6 is 0 Å². The Hall–Kier alpha value is -1.03. The molecule has 0 amide bonds. The van der Waals surface area contributed by atoms with Crippen molar-refractivity contribution < 1.29 is 0 Å². The molecule has 0 spiro atoms. The lowest BCUT2D eigenvalue weighted by molar-refractivity contribution is 0.385. The van der Waals surface area contributed by atoms with Gasteiger partial charge >= 0.3 is 0 Å². The molecule has 1 aromatic rings. The summed E-state index contributed by atoms with van der Waals surface area (Å²) in [6, 6.07) is 0. The molecule has 0 bridgehead atoms. The first-order valence-corrected chi connectivity index (χ1v) is 3.60. The van der Waals surface area contributed by atoms with Gasteiger partial charge in [-0.3, -0.25) is 0 Å². The van der Waals surface area contributed by atoms with E-state index in [1.165, 1.54) is 0 Å². The summed E-state index contributed by atoms with van der Waals surface area (Å²) in [5.41, 5.74) is 5.61. The summed E-state index contributed by atoms with van der Waals surface area (Å²) < 4.78 is 1.93. The molecule has 0 aliphatic carbocycles. The van der Waals surface area contributed by atoms with Gasteiger partial charge in [-0.2, -0.15) is 0 Å². The van der Waals surface area contributed by atoms with E-state index in [-0.39, 0.29) is 0 Å². The number of hydrogen-bond donors (Lipinski definition) is 1. The molecule has 0 saturated carbocycles. The average Bonchev–Trinajstić information content (AvgIpc) is 2.31. The molecule has 0 radical (unpaired) electrons. The standard InChI is InChI=1S/C7H14N4/c1-10(2)3-4-11-6-9-5-7(11)8/h5-6H,3-4,8H2,1-2H3. The molecule has 0 aromatic carbocycles. The van der Waals surface area contributed by atoms with Crippen molar-refractivity contribution in [1.82, 2.24) is 14.5 Å². The SMILES string of the molecule is CN(C)CCn1cncc1N. The van der Waals surface area contributed by atoms with E-state index in [1.807, 2.05) is 18.7 Å². The fourth-order valence-corrected chi connectivity index (χ4v) is 0.826. The van der Waals surface area contributed by atoms with Gasteiger partial charge in [-0.05, 0) is 14.1 Å². The van der Waals surface area contributed by atoms with Gasteiger partial charge < -0.3 is 15.2 Å². The molecule has 2 N–H and O–H groups in total. The van der Waals surface area contributed by atoms with Gasteiger partial charge in [-0.15, -0.1) is 0 Å². The van der Waals surface area contributed by atoms with Crippen LogP contribution in [0, 0.1) is 0 Å². The van der Waals surface area contributed by atoms with Gasteiger partial charge in [0, 0.05) is 13.1 Å². The lowest BCUT2D eigenvalue weighted by Gasteiger charge is -2.10. The summed E-state index contributed by atoms with van der Waals surface area (Å²) in [4.78, 5) is 6.03. The molecular weight excluding hydrogens is 140 g/mol.